The summed E-state index contributed by atoms with van der Waals surface area (Å²) in [7, 11) is 1.65. The molecule has 0 amide bonds. The second-order valence-electron chi connectivity index (χ2n) is 4.09. The molecule has 1 aromatic carbocycles. The Morgan fingerprint density at radius 2 is 2.26 bits per heavy atom. The van der Waals surface area contributed by atoms with Crippen molar-refractivity contribution in [3.05, 3.63) is 41.7 Å². The number of ether oxygens (including phenoxy) is 2. The molecule has 0 N–H and O–H groups in total. The van der Waals surface area contributed by atoms with E-state index in [1.807, 2.05) is 19.1 Å². The van der Waals surface area contributed by atoms with E-state index >= 15 is 0 Å². The Kier molecular flexibility index (Phi) is 4.16. The van der Waals surface area contributed by atoms with E-state index in [2.05, 4.69) is 11.2 Å². The molecular formula is C14H15N3O2. The van der Waals surface area contributed by atoms with Gasteiger partial charge in [-0.3, -0.25) is 4.68 Å². The maximum Gasteiger partial charge on any atom is 0.165 e. The second kappa shape index (κ2) is 6.03. The van der Waals surface area contributed by atoms with Crippen molar-refractivity contribution in [1.29, 1.82) is 5.26 Å². The van der Waals surface area contributed by atoms with Crippen molar-refractivity contribution in [2.75, 3.05) is 13.7 Å². The van der Waals surface area contributed by atoms with Crippen LogP contribution in [0.3, 0.4) is 0 Å². The molecule has 0 aliphatic heterocycles. The average molecular weight is 257 g/mol. The van der Waals surface area contributed by atoms with Crippen molar-refractivity contribution in [1.82, 2.24) is 9.78 Å². The van der Waals surface area contributed by atoms with Gasteiger partial charge >= 0.3 is 0 Å². The highest BCUT2D eigenvalue weighted by Gasteiger charge is 2.08. The molecule has 0 radical (unpaired) electrons. The van der Waals surface area contributed by atoms with E-state index in [0.29, 0.717) is 30.2 Å². The van der Waals surface area contributed by atoms with Gasteiger partial charge in [-0.2, -0.15) is 10.4 Å². The van der Waals surface area contributed by atoms with Crippen LogP contribution in [0.5, 0.6) is 11.5 Å². The maximum atomic E-state index is 9.13. The minimum Gasteiger partial charge on any atom is -0.453 e. The Hall–Kier alpha value is -2.32. The standard InChI is InChI=1S/C14H15N3O2/c1-11-4-3-5-14(13(11)8-15)19-12-9-16-17(10-12)6-7-18-2/h3-5,9-10H,6-7H2,1-2H3. The first kappa shape index (κ1) is 13.1. The van der Waals surface area contributed by atoms with Gasteiger partial charge in [0.25, 0.3) is 0 Å². The molecule has 98 valence electrons. The van der Waals surface area contributed by atoms with Crippen molar-refractivity contribution in [3.8, 4) is 17.6 Å². The molecule has 0 saturated heterocycles. The quantitative estimate of drug-likeness (QED) is 0.825. The maximum absolute atomic E-state index is 9.13. The van der Waals surface area contributed by atoms with E-state index in [4.69, 9.17) is 14.7 Å². The first-order chi connectivity index (χ1) is 9.24. The van der Waals surface area contributed by atoms with Crippen LogP contribution >= 0.6 is 0 Å². The highest BCUT2D eigenvalue weighted by atomic mass is 16.5. The van der Waals surface area contributed by atoms with Gasteiger partial charge in [0.05, 0.1) is 31.1 Å². The normalized spacial score (nSPS) is 10.2. The Morgan fingerprint density at radius 3 is 3.00 bits per heavy atom. The van der Waals surface area contributed by atoms with Crippen molar-refractivity contribution in [3.63, 3.8) is 0 Å². The molecule has 2 rings (SSSR count). The summed E-state index contributed by atoms with van der Waals surface area (Å²) in [4.78, 5) is 0. The summed E-state index contributed by atoms with van der Waals surface area (Å²) < 4.78 is 12.4. The summed E-state index contributed by atoms with van der Waals surface area (Å²) in [6, 6.07) is 7.67. The molecule has 5 heteroatoms. The van der Waals surface area contributed by atoms with Crippen LogP contribution in [0.1, 0.15) is 11.1 Å². The number of hydrogen-bond donors (Lipinski definition) is 0. The fourth-order valence-corrected chi connectivity index (χ4v) is 1.70. The van der Waals surface area contributed by atoms with Crippen molar-refractivity contribution in [2.45, 2.75) is 13.5 Å². The summed E-state index contributed by atoms with van der Waals surface area (Å²) >= 11 is 0. The molecular weight excluding hydrogens is 242 g/mol. The van der Waals surface area contributed by atoms with Crippen LogP contribution in [0.2, 0.25) is 0 Å². The molecule has 0 bridgehead atoms. The van der Waals surface area contributed by atoms with Gasteiger partial charge in [0.2, 0.25) is 0 Å². The zero-order valence-electron chi connectivity index (χ0n) is 11.0. The van der Waals surface area contributed by atoms with Gasteiger partial charge in [-0.15, -0.1) is 0 Å². The Morgan fingerprint density at radius 1 is 1.42 bits per heavy atom. The molecule has 19 heavy (non-hydrogen) atoms. The van der Waals surface area contributed by atoms with Crippen LogP contribution in [0, 0.1) is 18.3 Å². The van der Waals surface area contributed by atoms with Crippen LogP contribution < -0.4 is 4.74 Å². The molecule has 0 saturated carbocycles. The molecule has 0 unspecified atom stereocenters. The fourth-order valence-electron chi connectivity index (χ4n) is 1.70. The molecule has 1 aromatic heterocycles. The summed E-state index contributed by atoms with van der Waals surface area (Å²) in [5.41, 5.74) is 1.44. The monoisotopic (exact) mass is 257 g/mol. The lowest BCUT2D eigenvalue weighted by Crippen LogP contribution is -2.03. The lowest BCUT2D eigenvalue weighted by molar-refractivity contribution is 0.183. The third kappa shape index (κ3) is 3.12. The van der Waals surface area contributed by atoms with Crippen molar-refractivity contribution >= 4 is 0 Å². The van der Waals surface area contributed by atoms with Gasteiger partial charge in [-0.25, -0.2) is 0 Å². The van der Waals surface area contributed by atoms with E-state index in [9.17, 15) is 0 Å². The topological polar surface area (TPSA) is 60.1 Å². The molecule has 0 aliphatic carbocycles. The van der Waals surface area contributed by atoms with Crippen LogP contribution in [0.25, 0.3) is 0 Å². The van der Waals surface area contributed by atoms with E-state index in [1.165, 1.54) is 0 Å². The number of nitrogens with zero attached hydrogens (tertiary/aromatic N) is 3. The number of aromatic nitrogens is 2. The summed E-state index contributed by atoms with van der Waals surface area (Å²) in [6.45, 7) is 3.14. The Balaban J connectivity index is 2.15. The summed E-state index contributed by atoms with van der Waals surface area (Å²) in [6.07, 6.45) is 3.40. The highest BCUT2D eigenvalue weighted by molar-refractivity contribution is 5.49. The third-order valence-electron chi connectivity index (χ3n) is 2.71. The Labute approximate surface area is 112 Å². The number of methoxy groups -OCH3 is 1. The lowest BCUT2D eigenvalue weighted by Gasteiger charge is -2.06. The highest BCUT2D eigenvalue weighted by Crippen LogP contribution is 2.26. The van der Waals surface area contributed by atoms with Gasteiger partial charge in [-0.05, 0) is 18.6 Å². The molecule has 0 spiro atoms. The zero-order chi connectivity index (χ0) is 13.7. The van der Waals surface area contributed by atoms with Crippen molar-refractivity contribution in [2.24, 2.45) is 0 Å². The minimum atomic E-state index is 0.548. The number of nitriles is 1. The van der Waals surface area contributed by atoms with E-state index in [-0.39, 0.29) is 0 Å². The predicted molar refractivity (Wildman–Crippen MR) is 70.1 cm³/mol. The number of rotatable bonds is 5. The van der Waals surface area contributed by atoms with Gasteiger partial charge < -0.3 is 9.47 Å². The van der Waals surface area contributed by atoms with Gasteiger partial charge in [-0.1, -0.05) is 12.1 Å². The SMILES string of the molecule is COCCn1cc(Oc2cccc(C)c2C#N)cn1. The fraction of sp³-hybridized carbons (Fsp3) is 0.286. The zero-order valence-corrected chi connectivity index (χ0v) is 11.0. The number of hydrogen-bond acceptors (Lipinski definition) is 4. The predicted octanol–water partition coefficient (Wildman–Crippen LogP) is 2.50. The first-order valence-corrected chi connectivity index (χ1v) is 5.93. The van der Waals surface area contributed by atoms with Crippen molar-refractivity contribution < 1.29 is 9.47 Å². The van der Waals surface area contributed by atoms with Crippen LogP contribution in [-0.2, 0) is 11.3 Å². The second-order valence-corrected chi connectivity index (χ2v) is 4.09. The van der Waals surface area contributed by atoms with E-state index in [1.54, 1.807) is 30.3 Å². The van der Waals surface area contributed by atoms with Gasteiger partial charge in [0, 0.05) is 7.11 Å². The van der Waals surface area contributed by atoms with Crippen LogP contribution in [-0.4, -0.2) is 23.5 Å². The number of aryl methyl sites for hydroxylation is 1. The number of benzene rings is 1. The van der Waals surface area contributed by atoms with Gasteiger partial charge in [0.15, 0.2) is 5.75 Å². The molecule has 0 fully saturated rings. The molecule has 2 aromatic rings. The molecule has 0 atom stereocenters. The third-order valence-corrected chi connectivity index (χ3v) is 2.71. The smallest absolute Gasteiger partial charge is 0.165 e. The van der Waals surface area contributed by atoms with E-state index in [0.717, 1.165) is 5.56 Å². The minimum absolute atomic E-state index is 0.548. The molecule has 5 nitrogen and oxygen atoms in total. The van der Waals surface area contributed by atoms with Crippen LogP contribution in [0.15, 0.2) is 30.6 Å². The molecule has 0 aliphatic rings. The average Bonchev–Trinajstić information content (AvgIpc) is 2.84. The summed E-state index contributed by atoms with van der Waals surface area (Å²) in [5, 5.41) is 13.3. The summed E-state index contributed by atoms with van der Waals surface area (Å²) in [5.74, 6) is 1.16. The van der Waals surface area contributed by atoms with E-state index < -0.39 is 0 Å². The van der Waals surface area contributed by atoms with Crippen LogP contribution in [0.4, 0.5) is 0 Å². The van der Waals surface area contributed by atoms with Gasteiger partial charge in [0.1, 0.15) is 11.8 Å². The lowest BCUT2D eigenvalue weighted by atomic mass is 10.1. The largest absolute Gasteiger partial charge is 0.453 e. The first-order valence-electron chi connectivity index (χ1n) is 5.93. The molecule has 1 heterocycles. The Bertz CT molecular complexity index is 599.